The van der Waals surface area contributed by atoms with E-state index in [1.165, 1.54) is 0 Å². The summed E-state index contributed by atoms with van der Waals surface area (Å²) in [5, 5.41) is 20.4. The number of halogens is 3. The zero-order valence-corrected chi connectivity index (χ0v) is 17.6. The lowest BCUT2D eigenvalue weighted by Gasteiger charge is -2.18. The Hall–Kier alpha value is -0.910. The molecule has 0 spiro atoms. The molecule has 25 heavy (non-hydrogen) atoms. The molecule has 0 aliphatic rings. The molecule has 0 saturated heterocycles. The van der Waals surface area contributed by atoms with E-state index in [1.54, 1.807) is 58.0 Å². The minimum Gasteiger partial charge on any atom is -0.386 e. The third kappa shape index (κ3) is 7.47. The summed E-state index contributed by atoms with van der Waals surface area (Å²) in [5.74, 6) is 0. The first-order valence-corrected chi connectivity index (χ1v) is 9.05. The van der Waals surface area contributed by atoms with E-state index >= 15 is 0 Å². The maximum atomic E-state index is 10.5. The van der Waals surface area contributed by atoms with Crippen molar-refractivity contribution in [3.8, 4) is 0 Å². The summed E-state index contributed by atoms with van der Waals surface area (Å²) in [7, 11) is 0. The molecule has 2 aromatic rings. The number of hydrogen-bond donors (Lipinski definition) is 2. The van der Waals surface area contributed by atoms with Crippen LogP contribution in [0.5, 0.6) is 0 Å². The number of benzene rings is 2. The van der Waals surface area contributed by atoms with Crippen molar-refractivity contribution in [1.29, 1.82) is 0 Å². The number of aliphatic hydroxyl groups is 2. The molecule has 0 aliphatic carbocycles. The molecule has 136 valence electrons. The maximum Gasteiger partial charge on any atom is 0.150 e. The summed E-state index contributed by atoms with van der Waals surface area (Å²) in [6.07, 6.45) is 0.709. The monoisotopic (exact) mass is 446 g/mol. The van der Waals surface area contributed by atoms with Gasteiger partial charge in [0.15, 0.2) is 0 Å². The molecule has 0 aromatic heterocycles. The lowest BCUT2D eigenvalue weighted by Crippen LogP contribution is -2.15. The largest absolute Gasteiger partial charge is 0.386 e. The van der Waals surface area contributed by atoms with Gasteiger partial charge in [-0.1, -0.05) is 39.1 Å². The second kappa shape index (κ2) is 8.65. The number of rotatable bonds is 3. The smallest absolute Gasteiger partial charge is 0.150 e. The van der Waals surface area contributed by atoms with E-state index in [4.69, 9.17) is 23.2 Å². The molecule has 0 heterocycles. The molecule has 3 nitrogen and oxygen atoms in total. The maximum absolute atomic E-state index is 10.5. The van der Waals surface area contributed by atoms with Crippen LogP contribution in [0.4, 0.5) is 0 Å². The van der Waals surface area contributed by atoms with E-state index in [0.29, 0.717) is 27.5 Å². The lowest BCUT2D eigenvalue weighted by atomic mass is 9.97. The van der Waals surface area contributed by atoms with E-state index < -0.39 is 11.2 Å². The quantitative estimate of drug-likeness (QED) is 0.592. The molecule has 6 heteroatoms. The fourth-order valence-electron chi connectivity index (χ4n) is 1.94. The molecule has 0 unspecified atom stereocenters. The third-order valence-electron chi connectivity index (χ3n) is 3.33. The first kappa shape index (κ1) is 22.1. The van der Waals surface area contributed by atoms with Crippen LogP contribution < -0.4 is 0 Å². The van der Waals surface area contributed by atoms with Gasteiger partial charge >= 0.3 is 0 Å². The summed E-state index contributed by atoms with van der Waals surface area (Å²) in [5.41, 5.74) is 0.115. The van der Waals surface area contributed by atoms with Crippen molar-refractivity contribution in [1.82, 2.24) is 0 Å². The van der Waals surface area contributed by atoms with E-state index in [0.717, 1.165) is 10.0 Å². The summed E-state index contributed by atoms with van der Waals surface area (Å²) in [6, 6.07) is 10.2. The highest BCUT2D eigenvalue weighted by Crippen LogP contribution is 2.27. The van der Waals surface area contributed by atoms with Crippen LogP contribution in [0.2, 0.25) is 10.0 Å². The molecule has 0 bridgehead atoms. The molecule has 0 amide bonds. The van der Waals surface area contributed by atoms with Gasteiger partial charge in [0.2, 0.25) is 0 Å². The van der Waals surface area contributed by atoms with Crippen molar-refractivity contribution < 1.29 is 15.0 Å². The number of carbonyl (C=O) groups is 1. The van der Waals surface area contributed by atoms with Crippen molar-refractivity contribution in [2.45, 2.75) is 38.9 Å². The van der Waals surface area contributed by atoms with Crippen molar-refractivity contribution in [3.05, 3.63) is 67.6 Å². The lowest BCUT2D eigenvalue weighted by molar-refractivity contribution is 0.0779. The van der Waals surface area contributed by atoms with Gasteiger partial charge in [0.25, 0.3) is 0 Å². The Morgan fingerprint density at radius 1 is 0.840 bits per heavy atom. The van der Waals surface area contributed by atoms with Crippen LogP contribution in [-0.4, -0.2) is 16.5 Å². The Kier molecular flexibility index (Phi) is 7.66. The van der Waals surface area contributed by atoms with Crippen LogP contribution in [0.25, 0.3) is 0 Å². The van der Waals surface area contributed by atoms with Crippen LogP contribution in [-0.2, 0) is 11.2 Å². The molecular weight excluding hydrogens is 427 g/mol. The Labute approximate surface area is 166 Å². The number of carbonyl (C=O) groups excluding carboxylic acids is 1. The van der Waals surface area contributed by atoms with Gasteiger partial charge in [0.1, 0.15) is 6.29 Å². The van der Waals surface area contributed by atoms with Gasteiger partial charge < -0.3 is 10.2 Å². The molecule has 0 atom stereocenters. The molecule has 0 radical (unpaired) electrons. The molecule has 0 saturated carbocycles. The molecular formula is C19H21BrCl2O3. The van der Waals surface area contributed by atoms with Gasteiger partial charge in [0.05, 0.1) is 11.2 Å². The normalized spacial score (nSPS) is 11.6. The average molecular weight is 448 g/mol. The van der Waals surface area contributed by atoms with Crippen molar-refractivity contribution in [3.63, 3.8) is 0 Å². The van der Waals surface area contributed by atoms with Crippen LogP contribution in [0.1, 0.15) is 49.2 Å². The van der Waals surface area contributed by atoms with Gasteiger partial charge in [-0.3, -0.25) is 4.79 Å². The highest BCUT2D eigenvalue weighted by atomic mass is 79.9. The number of aldehydes is 1. The first-order chi connectivity index (χ1) is 11.3. The fourth-order valence-corrected chi connectivity index (χ4v) is 3.04. The van der Waals surface area contributed by atoms with Crippen LogP contribution in [0.3, 0.4) is 0 Å². The van der Waals surface area contributed by atoms with E-state index in [1.807, 2.05) is 6.07 Å². The zero-order valence-electron chi connectivity index (χ0n) is 14.5. The molecule has 2 aromatic carbocycles. The Bertz CT molecular complexity index is 727. The minimum absolute atomic E-state index is 0.460. The topological polar surface area (TPSA) is 57.5 Å². The van der Waals surface area contributed by atoms with Crippen molar-refractivity contribution in [2.24, 2.45) is 0 Å². The highest BCUT2D eigenvalue weighted by molar-refractivity contribution is 9.10. The second-order valence-electron chi connectivity index (χ2n) is 6.67. The zero-order chi connectivity index (χ0) is 19.4. The Balaban J connectivity index is 0.000000251. The molecule has 2 rings (SSSR count). The van der Waals surface area contributed by atoms with Crippen LogP contribution in [0, 0.1) is 0 Å². The molecule has 0 fully saturated rings. The van der Waals surface area contributed by atoms with Crippen LogP contribution >= 0.6 is 39.1 Å². The average Bonchev–Trinajstić information content (AvgIpc) is 2.44. The van der Waals surface area contributed by atoms with E-state index in [2.05, 4.69) is 15.9 Å². The summed E-state index contributed by atoms with van der Waals surface area (Å²) >= 11 is 14.9. The fraction of sp³-hybridized carbons (Fsp3) is 0.316. The standard InChI is InChI=1S/C10H11ClO2.C9H10BrClO/c1-10(2,13)8-3-7(6-12)4-9(11)5-8;1-9(2,12)6-3-7(10)5-8(11)4-6/h3-6,13H,1-2H3;3-5,12H,1-2H3. The van der Waals surface area contributed by atoms with Crippen molar-refractivity contribution in [2.75, 3.05) is 0 Å². The second-order valence-corrected chi connectivity index (χ2v) is 8.46. The Morgan fingerprint density at radius 2 is 1.28 bits per heavy atom. The summed E-state index contributed by atoms with van der Waals surface area (Å²) < 4.78 is 0.882. The minimum atomic E-state index is -0.970. The highest BCUT2D eigenvalue weighted by Gasteiger charge is 2.17. The van der Waals surface area contributed by atoms with Crippen molar-refractivity contribution >= 4 is 45.4 Å². The van der Waals surface area contributed by atoms with Gasteiger partial charge in [-0.25, -0.2) is 0 Å². The van der Waals surface area contributed by atoms with E-state index in [-0.39, 0.29) is 0 Å². The summed E-state index contributed by atoms with van der Waals surface area (Å²) in [4.78, 5) is 10.5. The predicted molar refractivity (Wildman–Crippen MR) is 106 cm³/mol. The summed E-state index contributed by atoms with van der Waals surface area (Å²) in [6.45, 7) is 6.75. The van der Waals surface area contributed by atoms with Gasteiger partial charge in [0, 0.05) is 20.1 Å². The molecule has 2 N–H and O–H groups in total. The van der Waals surface area contributed by atoms with Gasteiger partial charge in [-0.05, 0) is 75.2 Å². The first-order valence-electron chi connectivity index (χ1n) is 7.50. The third-order valence-corrected chi connectivity index (χ3v) is 4.23. The molecule has 0 aliphatic heterocycles. The van der Waals surface area contributed by atoms with E-state index in [9.17, 15) is 15.0 Å². The predicted octanol–water partition coefficient (Wildman–Crippen LogP) is 5.71. The van der Waals surface area contributed by atoms with Gasteiger partial charge in [-0.15, -0.1) is 0 Å². The Morgan fingerprint density at radius 3 is 1.68 bits per heavy atom. The van der Waals surface area contributed by atoms with Gasteiger partial charge in [-0.2, -0.15) is 0 Å². The SMILES string of the molecule is CC(C)(O)c1cc(Cl)cc(Br)c1.CC(C)(O)c1cc(Cl)cc(C=O)c1. The van der Waals surface area contributed by atoms with Crippen LogP contribution in [0.15, 0.2) is 40.9 Å². The number of hydrogen-bond acceptors (Lipinski definition) is 3.